The topological polar surface area (TPSA) is 42.2 Å². The van der Waals surface area contributed by atoms with Crippen molar-refractivity contribution in [2.75, 3.05) is 17.7 Å². The summed E-state index contributed by atoms with van der Waals surface area (Å²) >= 11 is 0. The van der Waals surface area contributed by atoms with Crippen LogP contribution in [0.1, 0.15) is 5.56 Å². The molecular formula is C13H14FN3. The molecule has 0 saturated heterocycles. The molecule has 0 saturated carbocycles. The second-order valence-corrected chi connectivity index (χ2v) is 3.96. The third kappa shape index (κ3) is 2.93. The highest BCUT2D eigenvalue weighted by Gasteiger charge is 2.03. The summed E-state index contributed by atoms with van der Waals surface area (Å²) in [5.41, 5.74) is 8.25. The van der Waals surface area contributed by atoms with E-state index in [-0.39, 0.29) is 5.82 Å². The van der Waals surface area contributed by atoms with Crippen molar-refractivity contribution in [1.29, 1.82) is 0 Å². The van der Waals surface area contributed by atoms with Gasteiger partial charge in [-0.05, 0) is 29.8 Å². The van der Waals surface area contributed by atoms with E-state index >= 15 is 0 Å². The molecule has 0 spiro atoms. The summed E-state index contributed by atoms with van der Waals surface area (Å²) in [7, 11) is 1.93. The molecule has 88 valence electrons. The summed E-state index contributed by atoms with van der Waals surface area (Å²) in [5, 5.41) is 0. The number of nitrogens with zero attached hydrogens (tertiary/aromatic N) is 2. The van der Waals surface area contributed by atoms with Gasteiger partial charge in [0.1, 0.15) is 5.82 Å². The molecule has 0 aliphatic heterocycles. The number of nitrogen functional groups attached to an aromatic ring is 1. The Kier molecular flexibility index (Phi) is 3.23. The maximum absolute atomic E-state index is 13.0. The molecule has 2 N–H and O–H groups in total. The van der Waals surface area contributed by atoms with Crippen molar-refractivity contribution in [3.63, 3.8) is 0 Å². The lowest BCUT2D eigenvalue weighted by Crippen LogP contribution is -2.16. The van der Waals surface area contributed by atoms with Crippen LogP contribution < -0.4 is 10.6 Å². The van der Waals surface area contributed by atoms with Crippen LogP contribution in [0.2, 0.25) is 0 Å². The fourth-order valence-electron chi connectivity index (χ4n) is 1.67. The van der Waals surface area contributed by atoms with Gasteiger partial charge in [-0.15, -0.1) is 0 Å². The Morgan fingerprint density at radius 1 is 1.29 bits per heavy atom. The van der Waals surface area contributed by atoms with E-state index in [1.807, 2.05) is 36.2 Å². The summed E-state index contributed by atoms with van der Waals surface area (Å²) in [6, 6.07) is 9.05. The molecule has 3 nitrogen and oxygen atoms in total. The Balaban J connectivity index is 2.14. The molecule has 0 bridgehead atoms. The molecule has 4 heteroatoms. The predicted molar refractivity (Wildman–Crippen MR) is 67.2 cm³/mol. The molecule has 0 radical (unpaired) electrons. The number of rotatable bonds is 3. The van der Waals surface area contributed by atoms with Gasteiger partial charge in [-0.1, -0.05) is 6.07 Å². The molecule has 0 amide bonds. The molecule has 1 heterocycles. The molecule has 0 atom stereocenters. The summed E-state index contributed by atoms with van der Waals surface area (Å²) in [6.45, 7) is 0.591. The molecule has 0 unspecified atom stereocenters. The number of aromatic nitrogens is 1. The SMILES string of the molecule is CN(Cc1cncc(F)c1)c1cccc(N)c1. The predicted octanol–water partition coefficient (Wildman–Crippen LogP) is 2.44. The maximum Gasteiger partial charge on any atom is 0.141 e. The normalized spacial score (nSPS) is 10.2. The van der Waals surface area contributed by atoms with Crippen molar-refractivity contribution in [1.82, 2.24) is 4.98 Å². The van der Waals surface area contributed by atoms with Crippen molar-refractivity contribution in [2.24, 2.45) is 0 Å². The smallest absolute Gasteiger partial charge is 0.141 e. The first-order valence-corrected chi connectivity index (χ1v) is 5.31. The molecule has 0 fully saturated rings. The molecule has 0 aliphatic rings. The average Bonchev–Trinajstić information content (AvgIpc) is 2.29. The molecule has 1 aromatic heterocycles. The van der Waals surface area contributed by atoms with Crippen LogP contribution in [0.4, 0.5) is 15.8 Å². The molecule has 0 aliphatic carbocycles. The van der Waals surface area contributed by atoms with Gasteiger partial charge in [0.05, 0.1) is 6.20 Å². The minimum Gasteiger partial charge on any atom is -0.399 e. The number of hydrogen-bond acceptors (Lipinski definition) is 3. The van der Waals surface area contributed by atoms with Gasteiger partial charge < -0.3 is 10.6 Å². The zero-order chi connectivity index (χ0) is 12.3. The lowest BCUT2D eigenvalue weighted by Gasteiger charge is -2.19. The van der Waals surface area contributed by atoms with Crippen molar-refractivity contribution in [3.8, 4) is 0 Å². The first-order valence-electron chi connectivity index (χ1n) is 5.31. The maximum atomic E-state index is 13.0. The summed E-state index contributed by atoms with van der Waals surface area (Å²) in [6.07, 6.45) is 2.86. The lowest BCUT2D eigenvalue weighted by molar-refractivity contribution is 0.618. The van der Waals surface area contributed by atoms with Crippen LogP contribution in [0.25, 0.3) is 0 Å². The van der Waals surface area contributed by atoms with Crippen LogP contribution in [-0.4, -0.2) is 12.0 Å². The number of anilines is 2. The molecule has 2 aromatic rings. The van der Waals surface area contributed by atoms with Gasteiger partial charge in [0.25, 0.3) is 0 Å². The van der Waals surface area contributed by atoms with Crippen LogP contribution in [0.5, 0.6) is 0 Å². The second kappa shape index (κ2) is 4.82. The van der Waals surface area contributed by atoms with E-state index < -0.39 is 0 Å². The molecular weight excluding hydrogens is 217 g/mol. The van der Waals surface area contributed by atoms with Crippen LogP contribution in [-0.2, 0) is 6.54 Å². The molecule has 2 rings (SSSR count). The van der Waals surface area contributed by atoms with Gasteiger partial charge >= 0.3 is 0 Å². The average molecular weight is 231 g/mol. The largest absolute Gasteiger partial charge is 0.399 e. The van der Waals surface area contributed by atoms with Gasteiger partial charge in [-0.3, -0.25) is 4.98 Å². The Morgan fingerprint density at radius 3 is 2.82 bits per heavy atom. The van der Waals surface area contributed by atoms with E-state index in [1.165, 1.54) is 12.3 Å². The van der Waals surface area contributed by atoms with Crippen LogP contribution in [0.3, 0.4) is 0 Å². The Hall–Kier alpha value is -2.10. The third-order valence-corrected chi connectivity index (χ3v) is 2.49. The van der Waals surface area contributed by atoms with Crippen molar-refractivity contribution >= 4 is 11.4 Å². The minimum absolute atomic E-state index is 0.316. The zero-order valence-corrected chi connectivity index (χ0v) is 9.60. The van der Waals surface area contributed by atoms with Gasteiger partial charge in [0.2, 0.25) is 0 Å². The fraction of sp³-hybridized carbons (Fsp3) is 0.154. The van der Waals surface area contributed by atoms with Crippen LogP contribution in [0.15, 0.2) is 42.7 Å². The summed E-state index contributed by atoms with van der Waals surface area (Å²) in [5.74, 6) is -0.316. The quantitative estimate of drug-likeness (QED) is 0.825. The third-order valence-electron chi connectivity index (χ3n) is 2.49. The Morgan fingerprint density at radius 2 is 2.12 bits per heavy atom. The van der Waals surface area contributed by atoms with Gasteiger partial charge in [-0.2, -0.15) is 0 Å². The molecule has 17 heavy (non-hydrogen) atoms. The van der Waals surface area contributed by atoms with E-state index in [4.69, 9.17) is 5.73 Å². The van der Waals surface area contributed by atoms with Gasteiger partial charge in [0, 0.05) is 31.2 Å². The van der Waals surface area contributed by atoms with Crippen molar-refractivity contribution in [2.45, 2.75) is 6.54 Å². The standard InChI is InChI=1S/C13H14FN3/c1-17(13-4-2-3-12(15)6-13)9-10-5-11(14)8-16-7-10/h2-8H,9,15H2,1H3. The monoisotopic (exact) mass is 231 g/mol. The second-order valence-electron chi connectivity index (χ2n) is 3.96. The van der Waals surface area contributed by atoms with Crippen LogP contribution in [0, 0.1) is 5.82 Å². The van der Waals surface area contributed by atoms with Crippen molar-refractivity contribution in [3.05, 3.63) is 54.1 Å². The fourth-order valence-corrected chi connectivity index (χ4v) is 1.67. The number of pyridine rings is 1. The highest BCUT2D eigenvalue weighted by Crippen LogP contribution is 2.18. The minimum atomic E-state index is -0.316. The van der Waals surface area contributed by atoms with E-state index in [0.29, 0.717) is 12.2 Å². The lowest BCUT2D eigenvalue weighted by atomic mass is 10.2. The Labute approximate surface area is 99.7 Å². The number of halogens is 1. The first kappa shape index (κ1) is 11.4. The van der Waals surface area contributed by atoms with E-state index in [9.17, 15) is 4.39 Å². The van der Waals surface area contributed by atoms with E-state index in [2.05, 4.69) is 4.98 Å². The number of nitrogens with two attached hydrogens (primary N) is 1. The van der Waals surface area contributed by atoms with Crippen molar-refractivity contribution < 1.29 is 4.39 Å². The highest BCUT2D eigenvalue weighted by molar-refractivity contribution is 5.55. The first-order chi connectivity index (χ1) is 8.15. The highest BCUT2D eigenvalue weighted by atomic mass is 19.1. The van der Waals surface area contributed by atoms with E-state index in [1.54, 1.807) is 6.20 Å². The molecule has 1 aromatic carbocycles. The summed E-state index contributed by atoms with van der Waals surface area (Å²) < 4.78 is 13.0. The van der Waals surface area contributed by atoms with Crippen LogP contribution >= 0.6 is 0 Å². The summed E-state index contributed by atoms with van der Waals surface area (Å²) in [4.78, 5) is 5.82. The number of benzene rings is 1. The van der Waals surface area contributed by atoms with Gasteiger partial charge in [-0.25, -0.2) is 4.39 Å². The van der Waals surface area contributed by atoms with E-state index in [0.717, 1.165) is 11.3 Å². The van der Waals surface area contributed by atoms with Gasteiger partial charge in [0.15, 0.2) is 0 Å². The Bertz CT molecular complexity index is 514. The zero-order valence-electron chi connectivity index (χ0n) is 9.60. The number of hydrogen-bond donors (Lipinski definition) is 1.